The van der Waals surface area contributed by atoms with E-state index in [2.05, 4.69) is 10.2 Å². The second kappa shape index (κ2) is 6.16. The molecule has 18 heavy (non-hydrogen) atoms. The lowest BCUT2D eigenvalue weighted by molar-refractivity contribution is 0.202. The predicted octanol–water partition coefficient (Wildman–Crippen LogP) is 1.75. The molecule has 1 fully saturated rings. The quantitative estimate of drug-likeness (QED) is 0.857. The standard InChI is InChI=1S/C14H21FN2O/c1-16-9-12-3-2-4-13(15)14(12)17-7-5-11(10-18)6-8-17/h2-4,11,16,18H,5-10H2,1H3. The van der Waals surface area contributed by atoms with Crippen molar-refractivity contribution in [2.24, 2.45) is 5.92 Å². The fourth-order valence-electron chi connectivity index (χ4n) is 2.59. The average Bonchev–Trinajstić information content (AvgIpc) is 2.40. The fourth-order valence-corrected chi connectivity index (χ4v) is 2.59. The summed E-state index contributed by atoms with van der Waals surface area (Å²) < 4.78 is 14.0. The van der Waals surface area contributed by atoms with E-state index in [-0.39, 0.29) is 12.4 Å². The zero-order chi connectivity index (χ0) is 13.0. The van der Waals surface area contributed by atoms with E-state index in [1.807, 2.05) is 13.1 Å². The number of hydrogen-bond donors (Lipinski definition) is 2. The van der Waals surface area contributed by atoms with Crippen molar-refractivity contribution in [3.63, 3.8) is 0 Å². The summed E-state index contributed by atoms with van der Waals surface area (Å²) in [6.07, 6.45) is 1.87. The molecular weight excluding hydrogens is 231 g/mol. The zero-order valence-corrected chi connectivity index (χ0v) is 10.8. The first-order valence-corrected chi connectivity index (χ1v) is 6.54. The van der Waals surface area contributed by atoms with Crippen molar-refractivity contribution in [2.75, 3.05) is 31.6 Å². The molecule has 1 aliphatic heterocycles. The largest absolute Gasteiger partial charge is 0.396 e. The summed E-state index contributed by atoms with van der Waals surface area (Å²) in [5.41, 5.74) is 1.73. The molecule has 0 aromatic heterocycles. The number of halogens is 1. The average molecular weight is 252 g/mol. The SMILES string of the molecule is CNCc1cccc(F)c1N1CCC(CO)CC1. The highest BCUT2D eigenvalue weighted by Crippen LogP contribution is 2.28. The van der Waals surface area contributed by atoms with Gasteiger partial charge in [0.2, 0.25) is 0 Å². The lowest BCUT2D eigenvalue weighted by Crippen LogP contribution is -2.36. The molecule has 1 aromatic carbocycles. The highest BCUT2D eigenvalue weighted by atomic mass is 19.1. The molecule has 0 bridgehead atoms. The first kappa shape index (κ1) is 13.3. The third-order valence-corrected chi connectivity index (χ3v) is 3.63. The van der Waals surface area contributed by atoms with Crippen LogP contribution in [-0.2, 0) is 6.54 Å². The molecule has 0 atom stereocenters. The van der Waals surface area contributed by atoms with E-state index < -0.39 is 0 Å². The van der Waals surface area contributed by atoms with Gasteiger partial charge >= 0.3 is 0 Å². The number of rotatable bonds is 4. The van der Waals surface area contributed by atoms with Crippen molar-refractivity contribution in [1.29, 1.82) is 0 Å². The van der Waals surface area contributed by atoms with Crippen molar-refractivity contribution in [2.45, 2.75) is 19.4 Å². The van der Waals surface area contributed by atoms with Gasteiger partial charge in [-0.2, -0.15) is 0 Å². The molecule has 4 heteroatoms. The molecule has 0 aliphatic carbocycles. The molecule has 1 heterocycles. The summed E-state index contributed by atoms with van der Waals surface area (Å²) in [5, 5.41) is 12.2. The highest BCUT2D eigenvalue weighted by Gasteiger charge is 2.22. The minimum Gasteiger partial charge on any atom is -0.396 e. The Kier molecular flexibility index (Phi) is 4.55. The van der Waals surface area contributed by atoms with E-state index >= 15 is 0 Å². The normalized spacial score (nSPS) is 17.2. The van der Waals surface area contributed by atoms with Crippen LogP contribution in [0.1, 0.15) is 18.4 Å². The zero-order valence-electron chi connectivity index (χ0n) is 10.8. The summed E-state index contributed by atoms with van der Waals surface area (Å²) in [6, 6.07) is 5.24. The Balaban J connectivity index is 2.17. The fraction of sp³-hybridized carbons (Fsp3) is 0.571. The number of nitrogens with one attached hydrogen (secondary N) is 1. The monoisotopic (exact) mass is 252 g/mol. The lowest BCUT2D eigenvalue weighted by Gasteiger charge is -2.34. The number of piperidine rings is 1. The van der Waals surface area contributed by atoms with Gasteiger partial charge in [-0.1, -0.05) is 12.1 Å². The number of para-hydroxylation sites is 1. The second-order valence-corrected chi connectivity index (χ2v) is 4.89. The van der Waals surface area contributed by atoms with Gasteiger partial charge in [-0.05, 0) is 37.4 Å². The van der Waals surface area contributed by atoms with Crippen LogP contribution >= 0.6 is 0 Å². The Bertz CT molecular complexity index is 389. The third-order valence-electron chi connectivity index (χ3n) is 3.63. The van der Waals surface area contributed by atoms with Crippen LogP contribution in [0.3, 0.4) is 0 Å². The molecular formula is C14H21FN2O. The van der Waals surface area contributed by atoms with Crippen LogP contribution < -0.4 is 10.2 Å². The molecule has 3 nitrogen and oxygen atoms in total. The first-order chi connectivity index (χ1) is 8.76. The molecule has 0 saturated carbocycles. The van der Waals surface area contributed by atoms with Crippen molar-refractivity contribution < 1.29 is 9.50 Å². The van der Waals surface area contributed by atoms with Crippen molar-refractivity contribution >= 4 is 5.69 Å². The Labute approximate surface area is 108 Å². The Hall–Kier alpha value is -1.13. The highest BCUT2D eigenvalue weighted by molar-refractivity contribution is 5.55. The van der Waals surface area contributed by atoms with E-state index in [0.29, 0.717) is 12.5 Å². The number of aliphatic hydroxyl groups is 1. The van der Waals surface area contributed by atoms with Gasteiger partial charge in [0.1, 0.15) is 5.82 Å². The maximum Gasteiger partial charge on any atom is 0.146 e. The van der Waals surface area contributed by atoms with Gasteiger partial charge in [-0.25, -0.2) is 4.39 Å². The molecule has 0 amide bonds. The van der Waals surface area contributed by atoms with E-state index in [4.69, 9.17) is 5.11 Å². The predicted molar refractivity (Wildman–Crippen MR) is 71.2 cm³/mol. The number of anilines is 1. The van der Waals surface area contributed by atoms with Crippen LogP contribution in [0.25, 0.3) is 0 Å². The Morgan fingerprint density at radius 3 is 2.72 bits per heavy atom. The Morgan fingerprint density at radius 1 is 1.39 bits per heavy atom. The number of nitrogens with zero attached hydrogens (tertiary/aromatic N) is 1. The second-order valence-electron chi connectivity index (χ2n) is 4.89. The summed E-state index contributed by atoms with van der Waals surface area (Å²) in [7, 11) is 1.87. The van der Waals surface area contributed by atoms with Gasteiger partial charge in [0.15, 0.2) is 0 Å². The molecule has 1 saturated heterocycles. The van der Waals surface area contributed by atoms with Crippen LogP contribution in [0.4, 0.5) is 10.1 Å². The van der Waals surface area contributed by atoms with Crippen molar-refractivity contribution in [3.8, 4) is 0 Å². The van der Waals surface area contributed by atoms with Crippen LogP contribution in [0.5, 0.6) is 0 Å². The maximum atomic E-state index is 14.0. The van der Waals surface area contributed by atoms with E-state index in [0.717, 1.165) is 37.2 Å². The lowest BCUT2D eigenvalue weighted by atomic mass is 9.96. The van der Waals surface area contributed by atoms with Gasteiger partial charge in [-0.3, -0.25) is 0 Å². The van der Waals surface area contributed by atoms with E-state index in [1.165, 1.54) is 6.07 Å². The van der Waals surface area contributed by atoms with E-state index in [9.17, 15) is 4.39 Å². The molecule has 2 N–H and O–H groups in total. The van der Waals surface area contributed by atoms with Crippen LogP contribution in [0.15, 0.2) is 18.2 Å². The van der Waals surface area contributed by atoms with Crippen LogP contribution in [-0.4, -0.2) is 31.9 Å². The maximum absolute atomic E-state index is 14.0. The molecule has 0 radical (unpaired) electrons. The third kappa shape index (κ3) is 2.82. The summed E-state index contributed by atoms with van der Waals surface area (Å²) in [6.45, 7) is 2.56. The number of hydrogen-bond acceptors (Lipinski definition) is 3. The van der Waals surface area contributed by atoms with Gasteiger partial charge in [-0.15, -0.1) is 0 Å². The summed E-state index contributed by atoms with van der Waals surface area (Å²) >= 11 is 0. The smallest absolute Gasteiger partial charge is 0.146 e. The van der Waals surface area contributed by atoms with Gasteiger partial charge in [0, 0.05) is 26.2 Å². The number of aliphatic hydroxyl groups excluding tert-OH is 1. The van der Waals surface area contributed by atoms with E-state index in [1.54, 1.807) is 6.07 Å². The number of benzene rings is 1. The van der Waals surface area contributed by atoms with Gasteiger partial charge in [0.05, 0.1) is 5.69 Å². The van der Waals surface area contributed by atoms with Crippen molar-refractivity contribution in [1.82, 2.24) is 5.32 Å². The van der Waals surface area contributed by atoms with Crippen LogP contribution in [0, 0.1) is 11.7 Å². The Morgan fingerprint density at radius 2 is 2.11 bits per heavy atom. The molecule has 2 rings (SSSR count). The minimum absolute atomic E-state index is 0.148. The van der Waals surface area contributed by atoms with Crippen LogP contribution in [0.2, 0.25) is 0 Å². The van der Waals surface area contributed by atoms with Gasteiger partial charge in [0.25, 0.3) is 0 Å². The first-order valence-electron chi connectivity index (χ1n) is 6.54. The minimum atomic E-state index is -0.148. The molecule has 0 unspecified atom stereocenters. The molecule has 0 spiro atoms. The van der Waals surface area contributed by atoms with Crippen molar-refractivity contribution in [3.05, 3.63) is 29.6 Å². The molecule has 1 aromatic rings. The topological polar surface area (TPSA) is 35.5 Å². The summed E-state index contributed by atoms with van der Waals surface area (Å²) in [4.78, 5) is 2.11. The molecule has 100 valence electrons. The summed E-state index contributed by atoms with van der Waals surface area (Å²) in [5.74, 6) is 0.228. The molecule has 1 aliphatic rings. The van der Waals surface area contributed by atoms with Gasteiger partial charge < -0.3 is 15.3 Å².